The molecule has 0 radical (unpaired) electrons. The van der Waals surface area contributed by atoms with E-state index in [0.717, 1.165) is 5.56 Å². The highest BCUT2D eigenvalue weighted by molar-refractivity contribution is 5.69. The molecule has 0 heterocycles. The van der Waals surface area contributed by atoms with Gasteiger partial charge < -0.3 is 19.3 Å². The Kier molecular flexibility index (Phi) is 9.42. The average molecular weight is 365 g/mol. The lowest BCUT2D eigenvalue weighted by molar-refractivity contribution is -0.148. The van der Waals surface area contributed by atoms with Crippen molar-refractivity contribution in [2.45, 2.75) is 38.7 Å². The van der Waals surface area contributed by atoms with E-state index < -0.39 is 12.1 Å². The third-order valence-corrected chi connectivity index (χ3v) is 3.46. The van der Waals surface area contributed by atoms with E-state index in [4.69, 9.17) is 24.8 Å². The van der Waals surface area contributed by atoms with E-state index in [1.54, 1.807) is 25.1 Å². The second-order valence-electron chi connectivity index (χ2n) is 5.45. The van der Waals surface area contributed by atoms with Crippen LogP contribution >= 0.6 is 0 Å². The number of carboxylic acids is 1. The number of hydrogen-bond donors (Lipinski definition) is 1. The van der Waals surface area contributed by atoms with Gasteiger partial charge in [0, 0.05) is 24.3 Å². The van der Waals surface area contributed by atoms with Gasteiger partial charge in [0.1, 0.15) is 6.10 Å². The van der Waals surface area contributed by atoms with Crippen molar-refractivity contribution in [2.24, 2.45) is 5.11 Å². The largest absolute Gasteiger partial charge is 0.493 e. The van der Waals surface area contributed by atoms with Crippen LogP contribution in [0.15, 0.2) is 23.3 Å². The first-order valence-electron chi connectivity index (χ1n) is 8.20. The molecule has 1 aromatic rings. The molecule has 9 heteroatoms. The molecule has 0 fully saturated rings. The fraction of sp³-hybridized carbons (Fsp3) is 0.529. The minimum absolute atomic E-state index is 0.0348. The summed E-state index contributed by atoms with van der Waals surface area (Å²) >= 11 is 0. The van der Waals surface area contributed by atoms with Gasteiger partial charge in [0.2, 0.25) is 0 Å². The minimum Gasteiger partial charge on any atom is -0.493 e. The Morgan fingerprint density at radius 3 is 2.69 bits per heavy atom. The predicted molar refractivity (Wildman–Crippen MR) is 93.1 cm³/mol. The molecule has 1 atom stereocenters. The molecule has 9 nitrogen and oxygen atoms in total. The number of rotatable bonds is 12. The van der Waals surface area contributed by atoms with Crippen LogP contribution in [0.25, 0.3) is 10.4 Å². The number of ether oxygens (including phenoxy) is 3. The molecule has 1 N–H and O–H groups in total. The second-order valence-corrected chi connectivity index (χ2v) is 5.45. The van der Waals surface area contributed by atoms with Gasteiger partial charge in [-0.1, -0.05) is 11.2 Å². The molecule has 0 aliphatic carbocycles. The molecule has 0 bridgehead atoms. The Bertz CT molecular complexity index is 658. The molecule has 1 aromatic carbocycles. The van der Waals surface area contributed by atoms with Crippen molar-refractivity contribution in [1.29, 1.82) is 0 Å². The monoisotopic (exact) mass is 365 g/mol. The van der Waals surface area contributed by atoms with Crippen molar-refractivity contribution in [3.8, 4) is 11.5 Å². The van der Waals surface area contributed by atoms with E-state index in [0.29, 0.717) is 24.3 Å². The number of aliphatic carboxylic acids is 1. The summed E-state index contributed by atoms with van der Waals surface area (Å²) in [6.45, 7) is 2.26. The van der Waals surface area contributed by atoms with Crippen molar-refractivity contribution < 1.29 is 28.9 Å². The van der Waals surface area contributed by atoms with Crippen LogP contribution in [0.2, 0.25) is 0 Å². The normalized spacial score (nSPS) is 11.2. The molecule has 26 heavy (non-hydrogen) atoms. The molecule has 142 valence electrons. The lowest BCUT2D eigenvalue weighted by Gasteiger charge is -2.16. The number of carbonyl (C=O) groups excluding carboxylic acids is 1. The standard InChI is InChI=1S/C17H23N3O6/c1-12(26-17(23)6-3-9-19-20-18)13-7-8-14(15(11-13)24-2)25-10-4-5-16(21)22/h7-8,11-12H,3-6,9-10H2,1-2H3,(H,21,22). The Hall–Kier alpha value is -2.93. The van der Waals surface area contributed by atoms with E-state index in [-0.39, 0.29) is 32.0 Å². The molecular weight excluding hydrogens is 342 g/mol. The number of esters is 1. The van der Waals surface area contributed by atoms with Gasteiger partial charge in [0.05, 0.1) is 13.7 Å². The lowest BCUT2D eigenvalue weighted by Crippen LogP contribution is -2.09. The molecule has 0 saturated carbocycles. The highest BCUT2D eigenvalue weighted by atomic mass is 16.5. The Labute approximate surface area is 151 Å². The zero-order chi connectivity index (χ0) is 19.4. The van der Waals surface area contributed by atoms with Gasteiger partial charge in [0.25, 0.3) is 0 Å². The first-order chi connectivity index (χ1) is 12.5. The van der Waals surface area contributed by atoms with E-state index in [9.17, 15) is 9.59 Å². The number of methoxy groups -OCH3 is 1. The van der Waals surface area contributed by atoms with E-state index in [2.05, 4.69) is 10.0 Å². The maximum Gasteiger partial charge on any atom is 0.306 e. The van der Waals surface area contributed by atoms with Gasteiger partial charge in [-0.15, -0.1) is 0 Å². The molecule has 0 aromatic heterocycles. The lowest BCUT2D eigenvalue weighted by atomic mass is 10.1. The predicted octanol–water partition coefficient (Wildman–Crippen LogP) is 3.63. The summed E-state index contributed by atoms with van der Waals surface area (Å²) in [5, 5.41) is 12.0. The highest BCUT2D eigenvalue weighted by Gasteiger charge is 2.14. The van der Waals surface area contributed by atoms with Gasteiger partial charge in [-0.25, -0.2) is 0 Å². The molecular formula is C17H23N3O6. The van der Waals surface area contributed by atoms with Crippen LogP contribution < -0.4 is 9.47 Å². The number of carbonyl (C=O) groups is 2. The Morgan fingerprint density at radius 1 is 1.27 bits per heavy atom. The van der Waals surface area contributed by atoms with Crippen LogP contribution in [-0.4, -0.2) is 37.3 Å². The molecule has 0 amide bonds. The van der Waals surface area contributed by atoms with Crippen LogP contribution in [0.3, 0.4) is 0 Å². The van der Waals surface area contributed by atoms with E-state index in [1.807, 2.05) is 0 Å². The summed E-state index contributed by atoms with van der Waals surface area (Å²) in [6.07, 6.45) is 0.557. The number of carboxylic acid groups (broad SMARTS) is 1. The van der Waals surface area contributed by atoms with Gasteiger partial charge >= 0.3 is 11.9 Å². The Morgan fingerprint density at radius 2 is 2.04 bits per heavy atom. The summed E-state index contributed by atoms with van der Waals surface area (Å²) in [7, 11) is 1.50. The number of benzene rings is 1. The van der Waals surface area contributed by atoms with Crippen LogP contribution in [-0.2, 0) is 14.3 Å². The third kappa shape index (κ3) is 7.76. The molecule has 0 saturated heterocycles. The van der Waals surface area contributed by atoms with Gasteiger partial charge in [-0.3, -0.25) is 9.59 Å². The van der Waals surface area contributed by atoms with Crippen molar-refractivity contribution in [3.05, 3.63) is 34.2 Å². The van der Waals surface area contributed by atoms with Crippen molar-refractivity contribution in [2.75, 3.05) is 20.3 Å². The third-order valence-electron chi connectivity index (χ3n) is 3.46. The number of nitrogens with zero attached hydrogens (tertiary/aromatic N) is 3. The first-order valence-corrected chi connectivity index (χ1v) is 8.20. The van der Waals surface area contributed by atoms with Gasteiger partial charge in [-0.2, -0.15) is 0 Å². The van der Waals surface area contributed by atoms with E-state index in [1.165, 1.54) is 7.11 Å². The smallest absolute Gasteiger partial charge is 0.306 e. The van der Waals surface area contributed by atoms with Gasteiger partial charge in [0.15, 0.2) is 11.5 Å². The van der Waals surface area contributed by atoms with Crippen LogP contribution in [0.1, 0.15) is 44.3 Å². The van der Waals surface area contributed by atoms with Crippen molar-refractivity contribution in [3.63, 3.8) is 0 Å². The van der Waals surface area contributed by atoms with Crippen LogP contribution in [0.4, 0.5) is 0 Å². The SMILES string of the molecule is COc1cc(C(C)OC(=O)CCCN=[N+]=[N-])ccc1OCCCC(=O)O. The van der Waals surface area contributed by atoms with Crippen LogP contribution in [0, 0.1) is 0 Å². The summed E-state index contributed by atoms with van der Waals surface area (Å²) in [5.41, 5.74) is 8.92. The molecule has 0 spiro atoms. The van der Waals surface area contributed by atoms with Crippen LogP contribution in [0.5, 0.6) is 11.5 Å². The van der Waals surface area contributed by atoms with Gasteiger partial charge in [-0.05, 0) is 43.0 Å². The minimum atomic E-state index is -0.869. The molecule has 0 aliphatic heterocycles. The summed E-state index contributed by atoms with van der Waals surface area (Å²) in [6, 6.07) is 5.17. The second kappa shape index (κ2) is 11.6. The summed E-state index contributed by atoms with van der Waals surface area (Å²) in [5.74, 6) is -0.275. The zero-order valence-electron chi connectivity index (χ0n) is 14.9. The molecule has 1 rings (SSSR count). The zero-order valence-corrected chi connectivity index (χ0v) is 14.9. The Balaban J connectivity index is 2.59. The summed E-state index contributed by atoms with van der Waals surface area (Å²) in [4.78, 5) is 24.9. The average Bonchev–Trinajstić information content (AvgIpc) is 2.62. The van der Waals surface area contributed by atoms with E-state index >= 15 is 0 Å². The molecule has 0 aliphatic rings. The maximum atomic E-state index is 11.8. The first kappa shape index (κ1) is 21.1. The fourth-order valence-corrected chi connectivity index (χ4v) is 2.12. The molecule has 1 unspecified atom stereocenters. The highest BCUT2D eigenvalue weighted by Crippen LogP contribution is 2.31. The summed E-state index contributed by atoms with van der Waals surface area (Å²) < 4.78 is 16.2. The van der Waals surface area contributed by atoms with Crippen molar-refractivity contribution >= 4 is 11.9 Å². The topological polar surface area (TPSA) is 131 Å². The quantitative estimate of drug-likeness (QED) is 0.198. The fourth-order valence-electron chi connectivity index (χ4n) is 2.12. The number of azide groups is 1. The number of hydrogen-bond acceptors (Lipinski definition) is 6. The maximum absolute atomic E-state index is 11.8. The van der Waals surface area contributed by atoms with Crippen molar-refractivity contribution in [1.82, 2.24) is 0 Å².